The summed E-state index contributed by atoms with van der Waals surface area (Å²) in [5, 5.41) is 28.3. The van der Waals surface area contributed by atoms with Gasteiger partial charge in [0.05, 0.1) is 12.1 Å². The summed E-state index contributed by atoms with van der Waals surface area (Å²) in [5.74, 6) is -3.08. The third kappa shape index (κ3) is 10.9. The molecule has 11 heteroatoms. The van der Waals surface area contributed by atoms with Crippen molar-refractivity contribution in [3.8, 4) is 0 Å². The smallest absolute Gasteiger partial charge is 0.253 e. The minimum absolute atomic E-state index is 0. The normalized spacial score (nSPS) is 13.7. The zero-order chi connectivity index (χ0) is 34.5. The molecular weight excluding hydrogens is 608 g/mol. The fourth-order valence-electron chi connectivity index (χ4n) is 5.46. The van der Waals surface area contributed by atoms with E-state index in [2.05, 4.69) is 10.6 Å². The lowest BCUT2D eigenvalue weighted by Crippen LogP contribution is -2.57. The molecule has 3 aromatic rings. The molecule has 4 N–H and O–H groups in total. The van der Waals surface area contributed by atoms with Crippen molar-refractivity contribution in [1.82, 2.24) is 15.5 Å². The highest BCUT2D eigenvalue weighted by atomic mass is 19.1. The lowest BCUT2D eigenvalue weighted by atomic mass is 9.92. The number of rotatable bonds is 17. The van der Waals surface area contributed by atoms with Crippen LogP contribution in [-0.4, -0.2) is 83.9 Å². The Morgan fingerprint density at radius 2 is 1.36 bits per heavy atom. The van der Waals surface area contributed by atoms with Gasteiger partial charge in [-0.3, -0.25) is 14.4 Å². The third-order valence-electron chi connectivity index (χ3n) is 7.72. The molecule has 0 fully saturated rings. The molecule has 3 rings (SSSR count). The van der Waals surface area contributed by atoms with E-state index in [-0.39, 0.29) is 39.3 Å². The zero-order valence-electron chi connectivity index (χ0n) is 27.3. The molecule has 9 nitrogen and oxygen atoms in total. The first-order valence-electron chi connectivity index (χ1n) is 15.8. The summed E-state index contributed by atoms with van der Waals surface area (Å²) in [7, 11) is 1.45. The van der Waals surface area contributed by atoms with Gasteiger partial charge in [-0.2, -0.15) is 0 Å². The van der Waals surface area contributed by atoms with Gasteiger partial charge in [0.25, 0.3) is 17.7 Å². The van der Waals surface area contributed by atoms with Crippen LogP contribution in [0.3, 0.4) is 0 Å². The molecule has 0 unspecified atom stereocenters. The first-order valence-corrected chi connectivity index (χ1v) is 15.8. The SMILES string of the molecule is CCCN(CCC)C(=O)c1cc(C)cc(C(=O)N[C@@H](Cc2cc(F)cc(F)c2)[C@@H](O)[C@H](O)[C@@H](CCOC)NC(=O)c2ccccc2)c1.[HH].[HH]. The average molecular weight is 658 g/mol. The van der Waals surface area contributed by atoms with Crippen LogP contribution in [0.15, 0.2) is 66.7 Å². The number of methoxy groups -OCH3 is 1. The van der Waals surface area contributed by atoms with E-state index in [0.717, 1.165) is 25.0 Å². The van der Waals surface area contributed by atoms with Gasteiger partial charge in [-0.15, -0.1) is 0 Å². The molecule has 0 saturated heterocycles. The molecular formula is C36H49F2N3O6. The number of amides is 3. The van der Waals surface area contributed by atoms with E-state index in [1.165, 1.54) is 13.2 Å². The Hall–Kier alpha value is -4.19. The third-order valence-corrected chi connectivity index (χ3v) is 7.72. The molecule has 0 aliphatic heterocycles. The van der Waals surface area contributed by atoms with E-state index >= 15 is 0 Å². The maximum Gasteiger partial charge on any atom is 0.253 e. The number of aliphatic hydroxyl groups excluding tert-OH is 2. The Balaban J connectivity index is 0.00000600. The molecule has 0 radical (unpaired) electrons. The molecule has 0 spiro atoms. The van der Waals surface area contributed by atoms with Gasteiger partial charge >= 0.3 is 0 Å². The van der Waals surface area contributed by atoms with Crippen molar-refractivity contribution in [2.24, 2.45) is 0 Å². The van der Waals surface area contributed by atoms with Crippen molar-refractivity contribution in [2.75, 3.05) is 26.8 Å². The number of aliphatic hydroxyl groups is 2. The monoisotopic (exact) mass is 657 g/mol. The lowest BCUT2D eigenvalue weighted by Gasteiger charge is -2.33. The van der Waals surface area contributed by atoms with Gasteiger partial charge in [0.2, 0.25) is 0 Å². The number of ether oxygens (including phenoxy) is 1. The summed E-state index contributed by atoms with van der Waals surface area (Å²) >= 11 is 0. The van der Waals surface area contributed by atoms with Gasteiger partial charge in [0, 0.05) is 52.4 Å². The number of nitrogens with one attached hydrogen (secondary N) is 2. The Labute approximate surface area is 277 Å². The lowest BCUT2D eigenvalue weighted by molar-refractivity contribution is -0.0269. The van der Waals surface area contributed by atoms with Crippen molar-refractivity contribution in [3.05, 3.63) is 106 Å². The fourth-order valence-corrected chi connectivity index (χ4v) is 5.46. The van der Waals surface area contributed by atoms with Gasteiger partial charge in [-0.25, -0.2) is 8.78 Å². The Morgan fingerprint density at radius 1 is 0.809 bits per heavy atom. The van der Waals surface area contributed by atoms with Crippen molar-refractivity contribution in [2.45, 2.75) is 70.7 Å². The number of hydrogen-bond acceptors (Lipinski definition) is 6. The van der Waals surface area contributed by atoms with Crippen LogP contribution in [0.2, 0.25) is 0 Å². The summed E-state index contributed by atoms with van der Waals surface area (Å²) < 4.78 is 33.4. The largest absolute Gasteiger partial charge is 0.388 e. The Kier molecular flexibility index (Phi) is 14.5. The maximum atomic E-state index is 14.1. The molecule has 47 heavy (non-hydrogen) atoms. The van der Waals surface area contributed by atoms with E-state index in [0.29, 0.717) is 35.8 Å². The van der Waals surface area contributed by atoms with E-state index in [4.69, 9.17) is 4.74 Å². The van der Waals surface area contributed by atoms with Gasteiger partial charge in [-0.05, 0) is 86.2 Å². The summed E-state index contributed by atoms with van der Waals surface area (Å²) in [6.45, 7) is 6.94. The Morgan fingerprint density at radius 3 is 1.96 bits per heavy atom. The predicted octanol–water partition coefficient (Wildman–Crippen LogP) is 4.93. The molecule has 3 aromatic carbocycles. The molecule has 0 saturated carbocycles. The van der Waals surface area contributed by atoms with Crippen LogP contribution in [0.5, 0.6) is 0 Å². The molecule has 258 valence electrons. The number of halogens is 2. The van der Waals surface area contributed by atoms with Crippen LogP contribution >= 0.6 is 0 Å². The Bertz CT molecular complexity index is 1470. The van der Waals surface area contributed by atoms with Crippen molar-refractivity contribution < 1.29 is 41.0 Å². The number of nitrogens with zero attached hydrogens (tertiary/aromatic N) is 1. The van der Waals surface area contributed by atoms with Crippen molar-refractivity contribution >= 4 is 17.7 Å². The molecule has 4 atom stereocenters. The molecule has 3 amide bonds. The minimum atomic E-state index is -1.71. The molecule has 0 aromatic heterocycles. The van der Waals surface area contributed by atoms with E-state index in [1.54, 1.807) is 54.3 Å². The molecule has 0 aliphatic carbocycles. The van der Waals surface area contributed by atoms with Crippen LogP contribution in [-0.2, 0) is 11.2 Å². The topological polar surface area (TPSA) is 128 Å². The number of carbonyl (C=O) groups is 3. The first-order chi connectivity index (χ1) is 22.5. The highest BCUT2D eigenvalue weighted by Crippen LogP contribution is 2.19. The summed E-state index contributed by atoms with van der Waals surface area (Å²) in [5.41, 5.74) is 1.56. The molecule has 0 heterocycles. The summed E-state index contributed by atoms with van der Waals surface area (Å²) in [6, 6.07) is 13.6. The van der Waals surface area contributed by atoms with E-state index < -0.39 is 47.7 Å². The van der Waals surface area contributed by atoms with Crippen LogP contribution in [0, 0.1) is 18.6 Å². The summed E-state index contributed by atoms with van der Waals surface area (Å²) in [6.07, 6.45) is -1.96. The number of aryl methyl sites for hydroxylation is 1. The number of benzene rings is 3. The first kappa shape index (κ1) is 37.3. The second kappa shape index (κ2) is 18.2. The minimum Gasteiger partial charge on any atom is -0.388 e. The van der Waals surface area contributed by atoms with Crippen LogP contribution in [0.25, 0.3) is 0 Å². The number of hydrogen-bond donors (Lipinski definition) is 4. The van der Waals surface area contributed by atoms with E-state index in [1.807, 2.05) is 13.8 Å². The van der Waals surface area contributed by atoms with Crippen LogP contribution < -0.4 is 10.6 Å². The quantitative estimate of drug-likeness (QED) is 0.163. The molecule has 0 bridgehead atoms. The predicted molar refractivity (Wildman–Crippen MR) is 179 cm³/mol. The van der Waals surface area contributed by atoms with Gasteiger partial charge in [-0.1, -0.05) is 32.0 Å². The van der Waals surface area contributed by atoms with Crippen molar-refractivity contribution in [1.29, 1.82) is 0 Å². The maximum absolute atomic E-state index is 14.1. The second-order valence-corrected chi connectivity index (χ2v) is 11.7. The second-order valence-electron chi connectivity index (χ2n) is 11.7. The van der Waals surface area contributed by atoms with Crippen LogP contribution in [0.1, 0.15) is 78.2 Å². The highest BCUT2D eigenvalue weighted by molar-refractivity contribution is 6.00. The van der Waals surface area contributed by atoms with Crippen molar-refractivity contribution in [3.63, 3.8) is 0 Å². The van der Waals surface area contributed by atoms with Gasteiger partial charge in [0.15, 0.2) is 0 Å². The van der Waals surface area contributed by atoms with Crippen LogP contribution in [0.4, 0.5) is 8.78 Å². The zero-order valence-corrected chi connectivity index (χ0v) is 27.3. The van der Waals surface area contributed by atoms with E-state index in [9.17, 15) is 33.4 Å². The highest BCUT2D eigenvalue weighted by Gasteiger charge is 2.35. The fraction of sp³-hybridized carbons (Fsp3) is 0.417. The van der Waals surface area contributed by atoms with Gasteiger partial charge in [0.1, 0.15) is 23.8 Å². The number of carbonyl (C=O) groups excluding carboxylic acids is 3. The average Bonchev–Trinajstić information content (AvgIpc) is 3.04. The molecule has 0 aliphatic rings. The van der Waals surface area contributed by atoms with Gasteiger partial charge < -0.3 is 30.5 Å². The summed E-state index contributed by atoms with van der Waals surface area (Å²) in [4.78, 5) is 41.7. The standard InChI is InChI=1S/C36H45F2N3O6.2H2/c1-5-13-41(14-6-2)36(46)27-17-23(3)16-26(21-27)35(45)40-31(20-24-18-28(37)22-29(38)19-24)33(43)32(42)30(12-15-47-4)39-34(44)25-10-8-7-9-11-25;;/h7-11,16-19,21-22,30-33,42-43H,5-6,12-15,20H2,1-4H3,(H,39,44)(H,40,45);2*1H/t30-,31+,32-,33-;;/m1../s1.